The summed E-state index contributed by atoms with van der Waals surface area (Å²) in [4.78, 5) is 4.80. The molecule has 5 nitrogen and oxygen atoms in total. The van der Waals surface area contributed by atoms with E-state index in [0.717, 1.165) is 55.9 Å². The number of nitrogens with one attached hydrogen (secondary N) is 1. The fraction of sp³-hybridized carbons (Fsp3) is 0.552. The molecule has 2 N–H and O–H groups in total. The number of fused-ring (bicyclic) bond motifs is 1. The summed E-state index contributed by atoms with van der Waals surface area (Å²) in [6.45, 7) is 6.59. The van der Waals surface area contributed by atoms with Crippen molar-refractivity contribution < 1.29 is 5.11 Å². The van der Waals surface area contributed by atoms with Gasteiger partial charge in [0.05, 0.1) is 11.6 Å². The first-order valence-corrected chi connectivity index (χ1v) is 14.0. The Morgan fingerprint density at radius 1 is 1.22 bits per heavy atom. The zero-order chi connectivity index (χ0) is 25.3. The second-order valence-electron chi connectivity index (χ2n) is 11.1. The minimum Gasteiger partial charge on any atom is -0.361 e. The van der Waals surface area contributed by atoms with E-state index in [-0.39, 0.29) is 5.41 Å². The Hall–Kier alpha value is -1.81. The van der Waals surface area contributed by atoms with E-state index in [1.807, 2.05) is 12.1 Å². The summed E-state index contributed by atoms with van der Waals surface area (Å²) < 4.78 is 0. The standard InChI is InChI=1S/C29H36Cl2N4O/c1-20-7-11-34(19-20)9-3-10-35(28(36)33-26-15-24(30)14-25(31)16-26)27-6-8-29(17-23(29)13-27)22-5-2-4-21(12-22)18-32/h2,4-5,12,14-16,20,23,27-28,33,36H,3,6-11,13,17,19H2,1H3/t20?,23?,27-,28?,29-/m1/s1. The van der Waals surface area contributed by atoms with E-state index in [0.29, 0.717) is 22.0 Å². The number of aliphatic hydroxyl groups excluding tert-OH is 1. The Bertz CT molecular complexity index is 1100. The van der Waals surface area contributed by atoms with Gasteiger partial charge in [-0.05, 0) is 105 Å². The fourth-order valence-electron chi connectivity index (χ4n) is 6.64. The SMILES string of the molecule is CC1CCN(CCCN(C(O)Nc2cc(Cl)cc(Cl)c2)[C@@H]2CC[C@]3(c4cccc(C#N)c4)CC3C2)C1. The summed E-state index contributed by atoms with van der Waals surface area (Å²) in [7, 11) is 0. The summed E-state index contributed by atoms with van der Waals surface area (Å²) in [5.41, 5.74) is 2.99. The molecular weight excluding hydrogens is 491 g/mol. The second kappa shape index (κ2) is 10.9. The van der Waals surface area contributed by atoms with Gasteiger partial charge in [0.2, 0.25) is 0 Å². The Balaban J connectivity index is 1.27. The van der Waals surface area contributed by atoms with Gasteiger partial charge in [-0.15, -0.1) is 0 Å². The molecule has 5 rings (SSSR count). The van der Waals surface area contributed by atoms with Gasteiger partial charge in [0.15, 0.2) is 6.35 Å². The largest absolute Gasteiger partial charge is 0.361 e. The lowest BCUT2D eigenvalue weighted by atomic mass is 9.80. The number of hydrogen-bond acceptors (Lipinski definition) is 5. The van der Waals surface area contributed by atoms with Crippen LogP contribution in [0, 0.1) is 23.2 Å². The van der Waals surface area contributed by atoms with Crippen LogP contribution in [0.15, 0.2) is 42.5 Å². The van der Waals surface area contributed by atoms with E-state index in [1.165, 1.54) is 31.5 Å². The molecule has 36 heavy (non-hydrogen) atoms. The first-order valence-electron chi connectivity index (χ1n) is 13.3. The Morgan fingerprint density at radius 3 is 2.72 bits per heavy atom. The van der Waals surface area contributed by atoms with Gasteiger partial charge in [-0.25, -0.2) is 0 Å². The van der Waals surface area contributed by atoms with Crippen LogP contribution in [0.4, 0.5) is 5.69 Å². The Labute approximate surface area is 225 Å². The summed E-state index contributed by atoms with van der Waals surface area (Å²) >= 11 is 12.4. The molecule has 1 saturated heterocycles. The molecule has 2 aromatic rings. The molecule has 192 valence electrons. The second-order valence-corrected chi connectivity index (χ2v) is 12.0. The van der Waals surface area contributed by atoms with Crippen molar-refractivity contribution >= 4 is 28.9 Å². The summed E-state index contributed by atoms with van der Waals surface area (Å²) in [5, 5.41) is 25.1. The van der Waals surface area contributed by atoms with Gasteiger partial charge >= 0.3 is 0 Å². The van der Waals surface area contributed by atoms with Crippen LogP contribution in [-0.2, 0) is 5.41 Å². The highest BCUT2D eigenvalue weighted by molar-refractivity contribution is 6.35. The highest BCUT2D eigenvalue weighted by Crippen LogP contribution is 2.63. The summed E-state index contributed by atoms with van der Waals surface area (Å²) in [6.07, 6.45) is 5.85. The minimum absolute atomic E-state index is 0.208. The third kappa shape index (κ3) is 5.69. The van der Waals surface area contributed by atoms with E-state index < -0.39 is 6.35 Å². The number of nitriles is 1. The molecule has 3 unspecified atom stereocenters. The van der Waals surface area contributed by atoms with Gasteiger partial charge in [-0.3, -0.25) is 4.90 Å². The lowest BCUT2D eigenvalue weighted by molar-refractivity contribution is -0.0197. The third-order valence-corrected chi connectivity index (χ3v) is 9.06. The molecule has 0 bridgehead atoms. The zero-order valence-electron chi connectivity index (χ0n) is 21.0. The molecule has 0 aromatic heterocycles. The van der Waals surface area contributed by atoms with Crippen molar-refractivity contribution in [1.29, 1.82) is 5.26 Å². The van der Waals surface area contributed by atoms with E-state index in [4.69, 9.17) is 23.2 Å². The van der Waals surface area contributed by atoms with Gasteiger partial charge in [0.1, 0.15) is 0 Å². The van der Waals surface area contributed by atoms with Crippen molar-refractivity contribution in [2.45, 2.75) is 63.3 Å². The minimum atomic E-state index is -0.810. The number of nitrogens with zero attached hydrogens (tertiary/aromatic N) is 3. The molecule has 0 amide bonds. The molecule has 2 aliphatic carbocycles. The Morgan fingerprint density at radius 2 is 2.03 bits per heavy atom. The lowest BCUT2D eigenvalue weighted by Crippen LogP contribution is -2.50. The van der Waals surface area contributed by atoms with Crippen LogP contribution in [0.1, 0.15) is 56.6 Å². The number of aliphatic hydroxyl groups is 1. The van der Waals surface area contributed by atoms with E-state index in [1.54, 1.807) is 18.2 Å². The van der Waals surface area contributed by atoms with Crippen molar-refractivity contribution in [3.8, 4) is 6.07 Å². The molecule has 0 spiro atoms. The number of halogens is 2. The maximum atomic E-state index is 11.4. The first-order chi connectivity index (χ1) is 17.4. The van der Waals surface area contributed by atoms with Crippen molar-refractivity contribution in [3.63, 3.8) is 0 Å². The molecule has 1 aliphatic heterocycles. The van der Waals surface area contributed by atoms with Crippen LogP contribution in [0.2, 0.25) is 10.0 Å². The number of benzene rings is 2. The van der Waals surface area contributed by atoms with Crippen LogP contribution in [-0.4, -0.2) is 53.5 Å². The summed E-state index contributed by atoms with van der Waals surface area (Å²) in [6, 6.07) is 16.1. The molecule has 2 saturated carbocycles. The molecule has 3 aliphatic rings. The topological polar surface area (TPSA) is 62.5 Å². The first kappa shape index (κ1) is 25.8. The van der Waals surface area contributed by atoms with Crippen LogP contribution >= 0.6 is 23.2 Å². The van der Waals surface area contributed by atoms with Crippen LogP contribution in [0.3, 0.4) is 0 Å². The van der Waals surface area contributed by atoms with Gasteiger partial charge in [-0.1, -0.05) is 42.3 Å². The molecule has 5 atom stereocenters. The number of likely N-dealkylation sites (tertiary alicyclic amines) is 1. The Kier molecular flexibility index (Phi) is 7.81. The van der Waals surface area contributed by atoms with Gasteiger partial charge in [0.25, 0.3) is 0 Å². The monoisotopic (exact) mass is 526 g/mol. The van der Waals surface area contributed by atoms with Crippen molar-refractivity contribution in [2.75, 3.05) is 31.5 Å². The van der Waals surface area contributed by atoms with Crippen molar-refractivity contribution in [2.24, 2.45) is 11.8 Å². The maximum Gasteiger partial charge on any atom is 0.184 e. The third-order valence-electron chi connectivity index (χ3n) is 8.62. The van der Waals surface area contributed by atoms with Gasteiger partial charge in [0, 0.05) is 34.9 Å². The molecule has 0 radical (unpaired) electrons. The predicted octanol–water partition coefficient (Wildman–Crippen LogP) is 6.10. The van der Waals surface area contributed by atoms with E-state index in [9.17, 15) is 10.4 Å². The van der Waals surface area contributed by atoms with Crippen molar-refractivity contribution in [3.05, 3.63) is 63.6 Å². The number of rotatable bonds is 9. The average molecular weight is 528 g/mol. The highest BCUT2D eigenvalue weighted by atomic mass is 35.5. The normalized spacial score (nSPS) is 28.5. The molecule has 1 heterocycles. The predicted molar refractivity (Wildman–Crippen MR) is 146 cm³/mol. The van der Waals surface area contributed by atoms with Crippen LogP contribution in [0.5, 0.6) is 0 Å². The number of hydrogen-bond donors (Lipinski definition) is 2. The molecule has 7 heteroatoms. The fourth-order valence-corrected chi connectivity index (χ4v) is 7.17. The van der Waals surface area contributed by atoms with Gasteiger partial charge in [-0.2, -0.15) is 5.26 Å². The highest BCUT2D eigenvalue weighted by Gasteiger charge is 2.58. The number of anilines is 1. The average Bonchev–Trinajstić information content (AvgIpc) is 3.46. The van der Waals surface area contributed by atoms with E-state index in [2.05, 4.69) is 40.2 Å². The zero-order valence-corrected chi connectivity index (χ0v) is 22.5. The maximum absolute atomic E-state index is 11.4. The van der Waals surface area contributed by atoms with Gasteiger partial charge < -0.3 is 15.3 Å². The van der Waals surface area contributed by atoms with Crippen LogP contribution in [0.25, 0.3) is 0 Å². The van der Waals surface area contributed by atoms with Crippen LogP contribution < -0.4 is 5.32 Å². The van der Waals surface area contributed by atoms with E-state index >= 15 is 0 Å². The smallest absolute Gasteiger partial charge is 0.184 e. The molecule has 3 fully saturated rings. The molecular formula is C29H36Cl2N4O. The lowest BCUT2D eigenvalue weighted by Gasteiger charge is -2.40. The quantitative estimate of drug-likeness (QED) is 0.386. The van der Waals surface area contributed by atoms with Crippen molar-refractivity contribution in [1.82, 2.24) is 9.80 Å². The molecule has 2 aromatic carbocycles. The summed E-state index contributed by atoms with van der Waals surface area (Å²) in [5.74, 6) is 1.38.